The Balaban J connectivity index is 2.14. The van der Waals surface area contributed by atoms with Crippen molar-refractivity contribution in [3.8, 4) is 6.07 Å². The van der Waals surface area contributed by atoms with Gasteiger partial charge in [-0.05, 0) is 24.1 Å². The largest absolute Gasteiger partial charge is 0.320 e. The van der Waals surface area contributed by atoms with E-state index in [2.05, 4.69) is 0 Å². The molecule has 5 heteroatoms. The Morgan fingerprint density at radius 3 is 2.61 bits per heavy atom. The van der Waals surface area contributed by atoms with Gasteiger partial charge >= 0.3 is 0 Å². The van der Waals surface area contributed by atoms with Gasteiger partial charge in [0.25, 0.3) is 0 Å². The first-order chi connectivity index (χ1) is 8.61. The number of imide groups is 1. The van der Waals surface area contributed by atoms with Crippen molar-refractivity contribution in [1.29, 1.82) is 5.26 Å². The number of carbonyl (C=O) groups is 2. The number of hydrogen-bond acceptors (Lipinski definition) is 4. The van der Waals surface area contributed by atoms with Gasteiger partial charge in [0.05, 0.1) is 24.2 Å². The summed E-state index contributed by atoms with van der Waals surface area (Å²) in [6.07, 6.45) is 0.727. The molecule has 18 heavy (non-hydrogen) atoms. The molecule has 0 spiro atoms. The molecule has 0 bridgehead atoms. The molecule has 1 unspecified atom stereocenters. The zero-order chi connectivity index (χ0) is 13.1. The quantitative estimate of drug-likeness (QED) is 0.768. The highest BCUT2D eigenvalue weighted by molar-refractivity contribution is 6.00. The Labute approximate surface area is 105 Å². The molecular weight excluding hydrogens is 230 g/mol. The number of hydrogen-bond donors (Lipinski definition) is 1. The molecular formula is C13H13N3O2. The summed E-state index contributed by atoms with van der Waals surface area (Å²) in [6.45, 7) is 0.219. The van der Waals surface area contributed by atoms with Gasteiger partial charge in [0, 0.05) is 6.42 Å². The average Bonchev–Trinajstić information content (AvgIpc) is 2.40. The van der Waals surface area contributed by atoms with E-state index in [9.17, 15) is 9.59 Å². The topological polar surface area (TPSA) is 87.2 Å². The molecule has 2 rings (SSSR count). The molecule has 0 saturated carbocycles. The van der Waals surface area contributed by atoms with Gasteiger partial charge in [-0.25, -0.2) is 0 Å². The summed E-state index contributed by atoms with van der Waals surface area (Å²) in [5, 5.41) is 8.68. The highest BCUT2D eigenvalue weighted by Crippen LogP contribution is 2.15. The van der Waals surface area contributed by atoms with Crippen molar-refractivity contribution in [3.63, 3.8) is 0 Å². The van der Waals surface area contributed by atoms with E-state index in [0.29, 0.717) is 18.4 Å². The van der Waals surface area contributed by atoms with Crippen molar-refractivity contribution >= 4 is 11.8 Å². The van der Waals surface area contributed by atoms with E-state index >= 15 is 0 Å². The van der Waals surface area contributed by atoms with Crippen molar-refractivity contribution in [3.05, 3.63) is 35.4 Å². The van der Waals surface area contributed by atoms with Crippen LogP contribution in [-0.2, 0) is 16.1 Å². The number of benzene rings is 1. The Kier molecular flexibility index (Phi) is 3.40. The van der Waals surface area contributed by atoms with Crippen molar-refractivity contribution < 1.29 is 9.59 Å². The summed E-state index contributed by atoms with van der Waals surface area (Å²) in [5.74, 6) is -0.512. The predicted octanol–water partition coefficient (Wildman–Crippen LogP) is 0.535. The fourth-order valence-electron chi connectivity index (χ4n) is 1.89. The second-order valence-electron chi connectivity index (χ2n) is 4.27. The monoisotopic (exact) mass is 243 g/mol. The molecule has 1 aromatic carbocycles. The number of amides is 2. The minimum atomic E-state index is -0.582. The minimum absolute atomic E-state index is 0.189. The number of likely N-dealkylation sites (tertiary alicyclic amines) is 1. The normalized spacial score (nSPS) is 19.8. The number of rotatable bonds is 2. The van der Waals surface area contributed by atoms with E-state index in [0.717, 1.165) is 5.56 Å². The molecule has 1 fully saturated rings. The van der Waals surface area contributed by atoms with Crippen LogP contribution in [0.1, 0.15) is 24.0 Å². The van der Waals surface area contributed by atoms with Crippen molar-refractivity contribution in [2.24, 2.45) is 5.73 Å². The van der Waals surface area contributed by atoms with Crippen LogP contribution in [0, 0.1) is 11.3 Å². The summed E-state index contributed by atoms with van der Waals surface area (Å²) in [7, 11) is 0. The van der Waals surface area contributed by atoms with Crippen LogP contribution in [0.2, 0.25) is 0 Å². The molecule has 2 amide bonds. The first-order valence-electron chi connectivity index (χ1n) is 5.70. The molecule has 1 aliphatic heterocycles. The summed E-state index contributed by atoms with van der Waals surface area (Å²) in [6, 6.07) is 8.23. The number of nitrogens with zero attached hydrogens (tertiary/aromatic N) is 2. The molecule has 1 aliphatic rings. The average molecular weight is 243 g/mol. The molecule has 0 aliphatic carbocycles. The van der Waals surface area contributed by atoms with E-state index in [4.69, 9.17) is 11.0 Å². The van der Waals surface area contributed by atoms with Crippen LogP contribution in [0.25, 0.3) is 0 Å². The van der Waals surface area contributed by atoms with Gasteiger partial charge < -0.3 is 5.73 Å². The fourth-order valence-corrected chi connectivity index (χ4v) is 1.89. The number of carbonyl (C=O) groups excluding carboxylic acids is 2. The van der Waals surface area contributed by atoms with E-state index in [-0.39, 0.29) is 18.4 Å². The molecule has 5 nitrogen and oxygen atoms in total. The smallest absolute Gasteiger partial charge is 0.246 e. The van der Waals surface area contributed by atoms with Gasteiger partial charge in [-0.1, -0.05) is 12.1 Å². The third-order valence-electron chi connectivity index (χ3n) is 2.98. The lowest BCUT2D eigenvalue weighted by Crippen LogP contribution is -2.50. The van der Waals surface area contributed by atoms with Crippen LogP contribution in [0.4, 0.5) is 0 Å². The molecule has 0 radical (unpaired) electrons. The SMILES string of the molecule is N#Cc1ccc(CN2C(=O)CCC(N)C2=O)cc1. The maximum atomic E-state index is 11.8. The second-order valence-corrected chi connectivity index (χ2v) is 4.27. The molecule has 1 atom stereocenters. The van der Waals surface area contributed by atoms with Gasteiger partial charge in [-0.2, -0.15) is 5.26 Å². The van der Waals surface area contributed by atoms with E-state index < -0.39 is 6.04 Å². The molecule has 1 saturated heterocycles. The molecule has 1 aromatic rings. The zero-order valence-electron chi connectivity index (χ0n) is 9.80. The van der Waals surface area contributed by atoms with Gasteiger partial charge in [0.2, 0.25) is 11.8 Å². The van der Waals surface area contributed by atoms with E-state index in [1.165, 1.54) is 4.90 Å². The number of nitriles is 1. The predicted molar refractivity (Wildman–Crippen MR) is 63.9 cm³/mol. The van der Waals surface area contributed by atoms with E-state index in [1.807, 2.05) is 6.07 Å². The fraction of sp³-hybridized carbons (Fsp3) is 0.308. The van der Waals surface area contributed by atoms with Gasteiger partial charge in [-0.15, -0.1) is 0 Å². The zero-order valence-corrected chi connectivity index (χ0v) is 9.80. The Morgan fingerprint density at radius 2 is 2.00 bits per heavy atom. The summed E-state index contributed by atoms with van der Waals surface area (Å²) >= 11 is 0. The van der Waals surface area contributed by atoms with Crippen molar-refractivity contribution in [2.75, 3.05) is 0 Å². The van der Waals surface area contributed by atoms with Crippen LogP contribution in [-0.4, -0.2) is 22.8 Å². The summed E-state index contributed by atoms with van der Waals surface area (Å²) in [5.41, 5.74) is 7.00. The maximum absolute atomic E-state index is 11.8. The van der Waals surface area contributed by atoms with Crippen molar-refractivity contribution in [1.82, 2.24) is 4.90 Å². The molecule has 92 valence electrons. The first-order valence-corrected chi connectivity index (χ1v) is 5.70. The standard InChI is InChI=1S/C13H13N3O2/c14-7-9-1-3-10(4-2-9)8-16-12(17)6-5-11(15)13(16)18/h1-4,11H,5-6,8,15H2. The minimum Gasteiger partial charge on any atom is -0.320 e. The lowest BCUT2D eigenvalue weighted by molar-refractivity contribution is -0.149. The third-order valence-corrected chi connectivity index (χ3v) is 2.98. The Bertz CT molecular complexity index is 516. The van der Waals surface area contributed by atoms with Crippen LogP contribution < -0.4 is 5.73 Å². The second kappa shape index (κ2) is 4.98. The first kappa shape index (κ1) is 12.3. The number of nitrogens with two attached hydrogens (primary N) is 1. The van der Waals surface area contributed by atoms with Gasteiger partial charge in [0.1, 0.15) is 0 Å². The van der Waals surface area contributed by atoms with Crippen LogP contribution in [0.15, 0.2) is 24.3 Å². The van der Waals surface area contributed by atoms with Gasteiger partial charge in [0.15, 0.2) is 0 Å². The van der Waals surface area contributed by atoms with Crippen LogP contribution in [0.5, 0.6) is 0 Å². The maximum Gasteiger partial charge on any atom is 0.246 e. The lowest BCUT2D eigenvalue weighted by Gasteiger charge is -2.28. The summed E-state index contributed by atoms with van der Waals surface area (Å²) < 4.78 is 0. The summed E-state index contributed by atoms with van der Waals surface area (Å²) in [4.78, 5) is 24.7. The van der Waals surface area contributed by atoms with Gasteiger partial charge in [-0.3, -0.25) is 14.5 Å². The van der Waals surface area contributed by atoms with Crippen LogP contribution >= 0.6 is 0 Å². The third kappa shape index (κ3) is 2.39. The highest BCUT2D eigenvalue weighted by Gasteiger charge is 2.31. The number of piperidine rings is 1. The Morgan fingerprint density at radius 1 is 1.33 bits per heavy atom. The molecule has 0 aromatic heterocycles. The molecule has 1 heterocycles. The highest BCUT2D eigenvalue weighted by atomic mass is 16.2. The molecule has 2 N–H and O–H groups in total. The van der Waals surface area contributed by atoms with Crippen molar-refractivity contribution in [2.45, 2.75) is 25.4 Å². The van der Waals surface area contributed by atoms with E-state index in [1.54, 1.807) is 24.3 Å². The Hall–Kier alpha value is -2.19. The van der Waals surface area contributed by atoms with Crippen LogP contribution in [0.3, 0.4) is 0 Å². The lowest BCUT2D eigenvalue weighted by atomic mass is 10.0.